The molecule has 29 heavy (non-hydrogen) atoms. The molecule has 1 unspecified atom stereocenters. The molecule has 3 heterocycles. The van der Waals surface area contributed by atoms with Crippen molar-refractivity contribution in [3.8, 4) is 0 Å². The average Bonchev–Trinajstić information content (AvgIpc) is 3.44. The molecular formula is C23H24N2O3S. The summed E-state index contributed by atoms with van der Waals surface area (Å²) in [7, 11) is 0. The zero-order chi connectivity index (χ0) is 20.1. The SMILES string of the molecule is O=C(c1cccn(Cc2ccccc2)c1=O)N(Cc1cccs1)CC1CCCO1. The molecule has 1 atom stereocenters. The lowest BCUT2D eigenvalue weighted by molar-refractivity contribution is 0.0508. The van der Waals surface area contributed by atoms with Crippen LogP contribution in [0.2, 0.25) is 0 Å². The minimum Gasteiger partial charge on any atom is -0.376 e. The Morgan fingerprint density at radius 1 is 1.14 bits per heavy atom. The van der Waals surface area contributed by atoms with E-state index >= 15 is 0 Å². The first-order valence-electron chi connectivity index (χ1n) is 9.87. The number of carbonyl (C=O) groups excluding carboxylic acids is 1. The second kappa shape index (κ2) is 9.20. The van der Waals surface area contributed by atoms with Gasteiger partial charge >= 0.3 is 0 Å². The van der Waals surface area contributed by atoms with Crippen LogP contribution in [0, 0.1) is 0 Å². The molecule has 1 aliphatic rings. The Bertz CT molecular complexity index is 992. The number of ether oxygens (including phenoxy) is 1. The quantitative estimate of drug-likeness (QED) is 0.598. The van der Waals surface area contributed by atoms with Crippen molar-refractivity contribution in [1.29, 1.82) is 0 Å². The molecule has 0 N–H and O–H groups in total. The van der Waals surface area contributed by atoms with Crippen LogP contribution in [0.5, 0.6) is 0 Å². The highest BCUT2D eigenvalue weighted by atomic mass is 32.1. The summed E-state index contributed by atoms with van der Waals surface area (Å²) in [5.74, 6) is -0.235. The average molecular weight is 409 g/mol. The van der Waals surface area contributed by atoms with Crippen LogP contribution in [-0.2, 0) is 17.8 Å². The van der Waals surface area contributed by atoms with E-state index in [0.717, 1.165) is 29.9 Å². The van der Waals surface area contributed by atoms with Crippen molar-refractivity contribution in [2.24, 2.45) is 0 Å². The number of carbonyl (C=O) groups is 1. The lowest BCUT2D eigenvalue weighted by Gasteiger charge is -2.25. The lowest BCUT2D eigenvalue weighted by atomic mass is 10.1. The van der Waals surface area contributed by atoms with Crippen LogP contribution < -0.4 is 5.56 Å². The van der Waals surface area contributed by atoms with E-state index in [9.17, 15) is 9.59 Å². The van der Waals surface area contributed by atoms with Gasteiger partial charge in [-0.1, -0.05) is 36.4 Å². The van der Waals surface area contributed by atoms with Gasteiger partial charge in [0, 0.05) is 24.2 Å². The highest BCUT2D eigenvalue weighted by Gasteiger charge is 2.25. The van der Waals surface area contributed by atoms with E-state index in [1.54, 1.807) is 39.1 Å². The smallest absolute Gasteiger partial charge is 0.263 e. The number of thiophene rings is 1. The van der Waals surface area contributed by atoms with Gasteiger partial charge in [-0.3, -0.25) is 9.59 Å². The first-order chi connectivity index (χ1) is 14.2. The van der Waals surface area contributed by atoms with Gasteiger partial charge in [0.1, 0.15) is 5.56 Å². The molecule has 1 saturated heterocycles. The fraction of sp³-hybridized carbons (Fsp3) is 0.304. The molecule has 0 saturated carbocycles. The number of nitrogens with zero attached hydrogens (tertiary/aromatic N) is 2. The molecule has 0 aliphatic carbocycles. The number of benzene rings is 1. The summed E-state index contributed by atoms with van der Waals surface area (Å²) in [6.45, 7) is 2.17. The van der Waals surface area contributed by atoms with Gasteiger partial charge in [0.05, 0.1) is 19.2 Å². The van der Waals surface area contributed by atoms with Gasteiger partial charge in [-0.15, -0.1) is 11.3 Å². The fourth-order valence-electron chi connectivity index (χ4n) is 3.62. The Kier molecular flexibility index (Phi) is 6.22. The number of rotatable bonds is 7. The predicted molar refractivity (Wildman–Crippen MR) is 114 cm³/mol. The monoisotopic (exact) mass is 408 g/mol. The summed E-state index contributed by atoms with van der Waals surface area (Å²) in [5, 5.41) is 2.00. The molecule has 1 amide bonds. The van der Waals surface area contributed by atoms with Gasteiger partial charge in [0.2, 0.25) is 0 Å². The number of amides is 1. The maximum atomic E-state index is 13.3. The van der Waals surface area contributed by atoms with E-state index in [-0.39, 0.29) is 23.1 Å². The minimum absolute atomic E-state index is 0.0363. The van der Waals surface area contributed by atoms with Crippen LogP contribution in [0.15, 0.2) is 71.0 Å². The van der Waals surface area contributed by atoms with Crippen molar-refractivity contribution in [1.82, 2.24) is 9.47 Å². The van der Waals surface area contributed by atoms with E-state index in [1.165, 1.54) is 0 Å². The third-order valence-electron chi connectivity index (χ3n) is 5.11. The molecule has 3 aromatic rings. The van der Waals surface area contributed by atoms with E-state index < -0.39 is 0 Å². The van der Waals surface area contributed by atoms with Gasteiger partial charge in [-0.05, 0) is 42.0 Å². The maximum absolute atomic E-state index is 13.3. The van der Waals surface area contributed by atoms with Crippen molar-refractivity contribution in [3.05, 3.63) is 92.5 Å². The Balaban J connectivity index is 1.59. The molecule has 1 fully saturated rings. The van der Waals surface area contributed by atoms with Gasteiger partial charge in [-0.25, -0.2) is 0 Å². The Hall–Kier alpha value is -2.70. The molecular weight excluding hydrogens is 384 g/mol. The minimum atomic E-state index is -0.259. The van der Waals surface area contributed by atoms with E-state index in [2.05, 4.69) is 0 Å². The normalized spacial score (nSPS) is 16.1. The van der Waals surface area contributed by atoms with Crippen LogP contribution in [0.25, 0.3) is 0 Å². The zero-order valence-electron chi connectivity index (χ0n) is 16.2. The molecule has 2 aromatic heterocycles. The first kappa shape index (κ1) is 19.6. The van der Waals surface area contributed by atoms with Crippen LogP contribution in [0.3, 0.4) is 0 Å². The van der Waals surface area contributed by atoms with Crippen LogP contribution in [-0.4, -0.2) is 34.6 Å². The van der Waals surface area contributed by atoms with Crippen molar-refractivity contribution in [3.63, 3.8) is 0 Å². The van der Waals surface area contributed by atoms with Gasteiger partial charge in [0.15, 0.2) is 0 Å². The van der Waals surface area contributed by atoms with Gasteiger partial charge < -0.3 is 14.2 Å². The number of pyridine rings is 1. The van der Waals surface area contributed by atoms with Crippen molar-refractivity contribution in [2.45, 2.75) is 32.0 Å². The van der Waals surface area contributed by atoms with Crippen molar-refractivity contribution < 1.29 is 9.53 Å². The van der Waals surface area contributed by atoms with Crippen LogP contribution >= 0.6 is 11.3 Å². The fourth-order valence-corrected chi connectivity index (χ4v) is 4.34. The summed E-state index contributed by atoms with van der Waals surface area (Å²) in [5.41, 5.74) is 0.969. The third kappa shape index (κ3) is 4.83. The standard InChI is InChI=1S/C23H24N2O3S/c26-22-21(11-4-12-24(22)15-18-7-2-1-3-8-18)23(27)25(16-19-9-5-13-28-19)17-20-10-6-14-29-20/h1-4,6-8,10-12,14,19H,5,9,13,15-17H2. The lowest BCUT2D eigenvalue weighted by Crippen LogP contribution is -2.40. The maximum Gasteiger partial charge on any atom is 0.263 e. The molecule has 6 heteroatoms. The third-order valence-corrected chi connectivity index (χ3v) is 5.97. The number of aromatic nitrogens is 1. The summed E-state index contributed by atoms with van der Waals surface area (Å²) in [6.07, 6.45) is 3.73. The topological polar surface area (TPSA) is 51.5 Å². The Labute approximate surface area is 174 Å². The molecule has 0 spiro atoms. The second-order valence-corrected chi connectivity index (χ2v) is 8.27. The van der Waals surface area contributed by atoms with Crippen molar-refractivity contribution >= 4 is 17.2 Å². The summed E-state index contributed by atoms with van der Waals surface area (Å²) in [4.78, 5) is 29.2. The van der Waals surface area contributed by atoms with Crippen LogP contribution in [0.1, 0.15) is 33.6 Å². The molecule has 0 radical (unpaired) electrons. The van der Waals surface area contributed by atoms with Crippen LogP contribution in [0.4, 0.5) is 0 Å². The Morgan fingerprint density at radius 2 is 2.00 bits per heavy atom. The molecule has 1 aromatic carbocycles. The summed E-state index contributed by atoms with van der Waals surface area (Å²) in [6, 6.07) is 17.2. The number of hydrogen-bond donors (Lipinski definition) is 0. The molecule has 4 rings (SSSR count). The van der Waals surface area contributed by atoms with Gasteiger partial charge in [0.25, 0.3) is 11.5 Å². The summed E-state index contributed by atoms with van der Waals surface area (Å²) < 4.78 is 7.34. The van der Waals surface area contributed by atoms with Crippen molar-refractivity contribution in [2.75, 3.05) is 13.2 Å². The zero-order valence-corrected chi connectivity index (χ0v) is 17.0. The van der Waals surface area contributed by atoms with E-state index in [1.807, 2.05) is 47.8 Å². The molecule has 0 bridgehead atoms. The first-order valence-corrected chi connectivity index (χ1v) is 10.8. The summed E-state index contributed by atoms with van der Waals surface area (Å²) >= 11 is 1.61. The van der Waals surface area contributed by atoms with E-state index in [0.29, 0.717) is 19.6 Å². The highest BCUT2D eigenvalue weighted by molar-refractivity contribution is 7.09. The van der Waals surface area contributed by atoms with Gasteiger partial charge in [-0.2, -0.15) is 0 Å². The largest absolute Gasteiger partial charge is 0.376 e. The second-order valence-electron chi connectivity index (χ2n) is 7.24. The molecule has 5 nitrogen and oxygen atoms in total. The van der Waals surface area contributed by atoms with E-state index in [4.69, 9.17) is 4.74 Å². The predicted octanol–water partition coefficient (Wildman–Crippen LogP) is 3.78. The molecule has 1 aliphatic heterocycles. The molecule has 150 valence electrons. The Morgan fingerprint density at radius 3 is 2.72 bits per heavy atom. The highest BCUT2D eigenvalue weighted by Crippen LogP contribution is 2.18. The number of hydrogen-bond acceptors (Lipinski definition) is 4.